The summed E-state index contributed by atoms with van der Waals surface area (Å²) in [7, 11) is 0. The second-order valence-electron chi connectivity index (χ2n) is 6.56. The van der Waals surface area contributed by atoms with Crippen LogP contribution < -0.4 is 0 Å². The van der Waals surface area contributed by atoms with Gasteiger partial charge in [-0.1, -0.05) is 0 Å². The predicted octanol–water partition coefficient (Wildman–Crippen LogP) is 1.82. The Bertz CT molecular complexity index is 392. The van der Waals surface area contributed by atoms with E-state index in [9.17, 15) is 14.4 Å². The van der Waals surface area contributed by atoms with Crippen molar-refractivity contribution in [3.05, 3.63) is 0 Å². The molecule has 0 bridgehead atoms. The molecule has 0 radical (unpaired) electrons. The van der Waals surface area contributed by atoms with Crippen LogP contribution in [0, 0.1) is 5.41 Å². The van der Waals surface area contributed by atoms with E-state index in [4.69, 9.17) is 9.57 Å². The molecule has 0 aromatic carbocycles. The van der Waals surface area contributed by atoms with Gasteiger partial charge in [0.05, 0.1) is 11.0 Å². The molecule has 0 aliphatic carbocycles. The fraction of sp³-hybridized carbons (Fsp3) is 0.786. The van der Waals surface area contributed by atoms with Crippen molar-refractivity contribution >= 4 is 17.8 Å². The van der Waals surface area contributed by atoms with Gasteiger partial charge in [-0.05, 0) is 41.0 Å². The van der Waals surface area contributed by atoms with Crippen LogP contribution in [0.1, 0.15) is 53.9 Å². The first kappa shape index (κ1) is 16.6. The third kappa shape index (κ3) is 4.59. The van der Waals surface area contributed by atoms with Gasteiger partial charge in [-0.3, -0.25) is 9.59 Å². The lowest BCUT2D eigenvalue weighted by molar-refractivity contribution is -0.205. The van der Waals surface area contributed by atoms with Gasteiger partial charge >= 0.3 is 5.97 Å². The average molecular weight is 285 g/mol. The van der Waals surface area contributed by atoms with E-state index in [-0.39, 0.29) is 18.4 Å². The molecule has 1 fully saturated rings. The standard InChI is InChI=1S/C14H23NO5/c1-13(2,3)19-9-8-14(4,5)12(18)20-15-10(16)6-7-11(15)17/h6-9H2,1-5H3. The average Bonchev–Trinajstić information content (AvgIpc) is 2.58. The minimum atomic E-state index is -0.825. The van der Waals surface area contributed by atoms with Crippen LogP contribution in [0.4, 0.5) is 0 Å². The molecule has 0 aromatic heterocycles. The molecule has 1 aliphatic heterocycles. The van der Waals surface area contributed by atoms with Crippen LogP contribution in [0.2, 0.25) is 0 Å². The molecular formula is C14H23NO5. The summed E-state index contributed by atoms with van der Waals surface area (Å²) < 4.78 is 5.57. The molecule has 1 aliphatic rings. The molecule has 0 unspecified atom stereocenters. The summed E-state index contributed by atoms with van der Waals surface area (Å²) in [4.78, 5) is 39.8. The first-order valence-corrected chi connectivity index (χ1v) is 6.75. The number of ether oxygens (including phenoxy) is 1. The van der Waals surface area contributed by atoms with E-state index < -0.39 is 23.2 Å². The van der Waals surface area contributed by atoms with Gasteiger partial charge < -0.3 is 9.57 Å². The number of carbonyl (C=O) groups excluding carboxylic acids is 3. The molecule has 0 N–H and O–H groups in total. The molecule has 1 heterocycles. The summed E-state index contributed by atoms with van der Waals surface area (Å²) in [6.45, 7) is 9.59. The van der Waals surface area contributed by atoms with Crippen molar-refractivity contribution in [2.45, 2.75) is 59.5 Å². The van der Waals surface area contributed by atoms with E-state index in [0.29, 0.717) is 18.1 Å². The van der Waals surface area contributed by atoms with Crippen LogP contribution in [-0.4, -0.2) is 35.1 Å². The summed E-state index contributed by atoms with van der Waals surface area (Å²) in [5.41, 5.74) is -1.10. The number of hydrogen-bond acceptors (Lipinski definition) is 5. The van der Waals surface area contributed by atoms with Crippen molar-refractivity contribution in [1.29, 1.82) is 0 Å². The summed E-state index contributed by atoms with van der Waals surface area (Å²) in [6.07, 6.45) is 0.638. The maximum atomic E-state index is 12.0. The van der Waals surface area contributed by atoms with Crippen LogP contribution in [0.15, 0.2) is 0 Å². The maximum Gasteiger partial charge on any atom is 0.338 e. The Hall–Kier alpha value is -1.43. The topological polar surface area (TPSA) is 72.9 Å². The largest absolute Gasteiger partial charge is 0.376 e. The lowest BCUT2D eigenvalue weighted by Gasteiger charge is -2.26. The Balaban J connectivity index is 2.52. The molecule has 6 nitrogen and oxygen atoms in total. The van der Waals surface area contributed by atoms with Crippen LogP contribution in [0.5, 0.6) is 0 Å². The molecule has 6 heteroatoms. The maximum absolute atomic E-state index is 12.0. The summed E-state index contributed by atoms with van der Waals surface area (Å²) in [5.74, 6) is -1.53. The van der Waals surface area contributed by atoms with Crippen molar-refractivity contribution in [3.8, 4) is 0 Å². The monoisotopic (exact) mass is 285 g/mol. The van der Waals surface area contributed by atoms with E-state index >= 15 is 0 Å². The Morgan fingerprint density at radius 1 is 1.10 bits per heavy atom. The molecular weight excluding hydrogens is 262 g/mol. The third-order valence-corrected chi connectivity index (χ3v) is 2.99. The second kappa shape index (κ2) is 5.91. The molecule has 1 rings (SSSR count). The van der Waals surface area contributed by atoms with Crippen LogP contribution in [-0.2, 0) is 24.0 Å². The lowest BCUT2D eigenvalue weighted by atomic mass is 9.90. The highest BCUT2D eigenvalue weighted by atomic mass is 16.7. The molecule has 0 saturated carbocycles. The first-order valence-electron chi connectivity index (χ1n) is 6.75. The molecule has 114 valence electrons. The first-order chi connectivity index (χ1) is 9.03. The van der Waals surface area contributed by atoms with Crippen LogP contribution in [0.25, 0.3) is 0 Å². The molecule has 20 heavy (non-hydrogen) atoms. The smallest absolute Gasteiger partial charge is 0.338 e. The second-order valence-corrected chi connectivity index (χ2v) is 6.56. The van der Waals surface area contributed by atoms with Crippen molar-refractivity contribution in [2.75, 3.05) is 6.61 Å². The fourth-order valence-corrected chi connectivity index (χ4v) is 1.58. The van der Waals surface area contributed by atoms with Crippen molar-refractivity contribution in [3.63, 3.8) is 0 Å². The summed E-state index contributed by atoms with van der Waals surface area (Å²) >= 11 is 0. The summed E-state index contributed by atoms with van der Waals surface area (Å²) in [6, 6.07) is 0. The Labute approximate surface area is 119 Å². The van der Waals surface area contributed by atoms with Gasteiger partial charge in [0, 0.05) is 19.4 Å². The minimum Gasteiger partial charge on any atom is -0.376 e. The number of amides is 2. The van der Waals surface area contributed by atoms with E-state index in [2.05, 4.69) is 0 Å². The zero-order chi connectivity index (χ0) is 15.6. The van der Waals surface area contributed by atoms with Crippen molar-refractivity contribution < 1.29 is 24.0 Å². The normalized spacial score (nSPS) is 16.8. The number of hydrogen-bond donors (Lipinski definition) is 0. The van der Waals surface area contributed by atoms with Crippen molar-refractivity contribution in [2.24, 2.45) is 5.41 Å². The molecule has 0 spiro atoms. The number of imide groups is 1. The number of rotatable bonds is 5. The predicted molar refractivity (Wildman–Crippen MR) is 71.3 cm³/mol. The van der Waals surface area contributed by atoms with Gasteiger partial charge in [0.25, 0.3) is 11.8 Å². The van der Waals surface area contributed by atoms with Gasteiger partial charge in [0.15, 0.2) is 0 Å². The van der Waals surface area contributed by atoms with Crippen LogP contribution in [0.3, 0.4) is 0 Å². The highest BCUT2D eigenvalue weighted by Gasteiger charge is 2.38. The highest BCUT2D eigenvalue weighted by molar-refractivity contribution is 6.01. The molecule has 0 atom stereocenters. The molecule has 1 saturated heterocycles. The van der Waals surface area contributed by atoms with Gasteiger partial charge in [-0.25, -0.2) is 4.79 Å². The minimum absolute atomic E-state index is 0.0969. The van der Waals surface area contributed by atoms with Gasteiger partial charge in [-0.15, -0.1) is 5.06 Å². The highest BCUT2D eigenvalue weighted by Crippen LogP contribution is 2.25. The lowest BCUT2D eigenvalue weighted by Crippen LogP contribution is -2.38. The zero-order valence-electron chi connectivity index (χ0n) is 12.8. The molecule has 0 aromatic rings. The fourth-order valence-electron chi connectivity index (χ4n) is 1.58. The van der Waals surface area contributed by atoms with Crippen molar-refractivity contribution in [1.82, 2.24) is 5.06 Å². The zero-order valence-corrected chi connectivity index (χ0v) is 12.8. The van der Waals surface area contributed by atoms with Gasteiger partial charge in [-0.2, -0.15) is 0 Å². The molecule has 2 amide bonds. The van der Waals surface area contributed by atoms with Gasteiger partial charge in [0.2, 0.25) is 0 Å². The van der Waals surface area contributed by atoms with E-state index in [1.807, 2.05) is 20.8 Å². The number of nitrogens with zero attached hydrogens (tertiary/aromatic N) is 1. The van der Waals surface area contributed by atoms with E-state index in [1.54, 1.807) is 13.8 Å². The Morgan fingerprint density at radius 2 is 1.60 bits per heavy atom. The van der Waals surface area contributed by atoms with E-state index in [1.165, 1.54) is 0 Å². The summed E-state index contributed by atoms with van der Waals surface area (Å²) in [5, 5.41) is 0.578. The number of carbonyl (C=O) groups is 3. The van der Waals surface area contributed by atoms with Crippen LogP contribution >= 0.6 is 0 Å². The SMILES string of the molecule is CC(C)(C)OCCC(C)(C)C(=O)ON1C(=O)CCC1=O. The Morgan fingerprint density at radius 3 is 2.05 bits per heavy atom. The number of hydroxylamine groups is 2. The van der Waals surface area contributed by atoms with E-state index in [0.717, 1.165) is 0 Å². The third-order valence-electron chi connectivity index (χ3n) is 2.99. The van der Waals surface area contributed by atoms with Gasteiger partial charge in [0.1, 0.15) is 0 Å². The quantitative estimate of drug-likeness (QED) is 0.720. The Kier molecular flexibility index (Phi) is 4.91.